The maximum atomic E-state index is 10.0. The highest BCUT2D eigenvalue weighted by Gasteiger charge is 2.25. The summed E-state index contributed by atoms with van der Waals surface area (Å²) in [6.07, 6.45) is 6.20. The van der Waals surface area contributed by atoms with Crippen LogP contribution in [0.25, 0.3) is 0 Å². The van der Waals surface area contributed by atoms with Crippen molar-refractivity contribution in [1.29, 1.82) is 0 Å². The van der Waals surface area contributed by atoms with Gasteiger partial charge in [-0.1, -0.05) is 19.8 Å². The van der Waals surface area contributed by atoms with E-state index in [0.717, 1.165) is 38.6 Å². The van der Waals surface area contributed by atoms with Crippen LogP contribution in [0.15, 0.2) is 6.33 Å². The molecule has 6 nitrogen and oxygen atoms in total. The zero-order valence-corrected chi connectivity index (χ0v) is 12.2. The van der Waals surface area contributed by atoms with Gasteiger partial charge in [-0.25, -0.2) is 9.97 Å². The fourth-order valence-electron chi connectivity index (χ4n) is 2.49. The van der Waals surface area contributed by atoms with E-state index in [1.807, 2.05) is 0 Å². The molecule has 1 saturated carbocycles. The molecular formula is C14H24N4O2. The summed E-state index contributed by atoms with van der Waals surface area (Å²) in [6, 6.07) is 0.0339. The number of nitrogens with zero attached hydrogens (tertiary/aromatic N) is 2. The Hall–Kier alpha value is -1.56. The first-order chi connectivity index (χ1) is 9.76. The second-order valence-electron chi connectivity index (χ2n) is 5.13. The number of rotatable bonds is 6. The lowest BCUT2D eigenvalue weighted by molar-refractivity contribution is 0.116. The van der Waals surface area contributed by atoms with Crippen LogP contribution in [-0.4, -0.2) is 40.9 Å². The SMILES string of the molecule is CCCNc1ncnc(NC2CCCCC2O)c1OC. The van der Waals surface area contributed by atoms with E-state index in [1.165, 1.54) is 6.33 Å². The van der Waals surface area contributed by atoms with E-state index < -0.39 is 0 Å². The first kappa shape index (κ1) is 14.8. The highest BCUT2D eigenvalue weighted by atomic mass is 16.5. The minimum Gasteiger partial charge on any atom is -0.490 e. The smallest absolute Gasteiger partial charge is 0.204 e. The van der Waals surface area contributed by atoms with Crippen LogP contribution in [0.4, 0.5) is 11.6 Å². The fraction of sp³-hybridized carbons (Fsp3) is 0.714. The normalized spacial score (nSPS) is 22.4. The molecule has 2 unspecified atom stereocenters. The molecule has 1 aliphatic carbocycles. The molecule has 0 radical (unpaired) electrons. The van der Waals surface area contributed by atoms with Crippen molar-refractivity contribution in [2.75, 3.05) is 24.3 Å². The van der Waals surface area contributed by atoms with Crippen molar-refractivity contribution in [1.82, 2.24) is 9.97 Å². The van der Waals surface area contributed by atoms with E-state index in [2.05, 4.69) is 27.5 Å². The highest BCUT2D eigenvalue weighted by Crippen LogP contribution is 2.31. The molecule has 2 rings (SSSR count). The van der Waals surface area contributed by atoms with Gasteiger partial charge in [-0.15, -0.1) is 0 Å². The Morgan fingerprint density at radius 2 is 2.05 bits per heavy atom. The number of nitrogens with one attached hydrogen (secondary N) is 2. The minimum atomic E-state index is -0.324. The van der Waals surface area contributed by atoms with Gasteiger partial charge in [0.2, 0.25) is 5.75 Å². The standard InChI is InChI=1S/C14H24N4O2/c1-3-8-15-13-12(20-2)14(17-9-16-13)18-10-6-4-5-7-11(10)19/h9-11,19H,3-8H2,1-2H3,(H2,15,16,17,18). The molecule has 0 amide bonds. The molecule has 1 aromatic heterocycles. The zero-order valence-electron chi connectivity index (χ0n) is 12.2. The number of hydrogen-bond acceptors (Lipinski definition) is 6. The van der Waals surface area contributed by atoms with Crippen molar-refractivity contribution >= 4 is 11.6 Å². The van der Waals surface area contributed by atoms with E-state index in [9.17, 15) is 5.11 Å². The summed E-state index contributed by atoms with van der Waals surface area (Å²) in [5.74, 6) is 1.95. The van der Waals surface area contributed by atoms with E-state index in [4.69, 9.17) is 4.74 Å². The van der Waals surface area contributed by atoms with Gasteiger partial charge in [0.05, 0.1) is 19.3 Å². The third-order valence-electron chi connectivity index (χ3n) is 3.60. The van der Waals surface area contributed by atoms with Gasteiger partial charge in [0.25, 0.3) is 0 Å². The van der Waals surface area contributed by atoms with Crippen LogP contribution >= 0.6 is 0 Å². The molecule has 3 N–H and O–H groups in total. The monoisotopic (exact) mass is 280 g/mol. The second kappa shape index (κ2) is 7.28. The summed E-state index contributed by atoms with van der Waals surface area (Å²) in [7, 11) is 1.61. The van der Waals surface area contributed by atoms with E-state index >= 15 is 0 Å². The van der Waals surface area contributed by atoms with Crippen LogP contribution < -0.4 is 15.4 Å². The number of aliphatic hydroxyl groups excluding tert-OH is 1. The minimum absolute atomic E-state index is 0.0339. The van der Waals surface area contributed by atoms with Gasteiger partial charge >= 0.3 is 0 Å². The fourth-order valence-corrected chi connectivity index (χ4v) is 2.49. The Kier molecular flexibility index (Phi) is 5.40. The molecule has 1 heterocycles. The first-order valence-electron chi connectivity index (χ1n) is 7.33. The second-order valence-corrected chi connectivity index (χ2v) is 5.13. The molecule has 2 atom stereocenters. The largest absolute Gasteiger partial charge is 0.490 e. The molecule has 1 aromatic rings. The Morgan fingerprint density at radius 3 is 2.75 bits per heavy atom. The summed E-state index contributed by atoms with van der Waals surface area (Å²) in [5.41, 5.74) is 0. The average Bonchev–Trinajstić information content (AvgIpc) is 2.47. The third kappa shape index (κ3) is 3.50. The lowest BCUT2D eigenvalue weighted by Gasteiger charge is -2.29. The lowest BCUT2D eigenvalue weighted by Crippen LogP contribution is -2.36. The van der Waals surface area contributed by atoms with Crippen LogP contribution in [0.5, 0.6) is 5.75 Å². The lowest BCUT2D eigenvalue weighted by atomic mass is 9.92. The van der Waals surface area contributed by atoms with Crippen molar-refractivity contribution < 1.29 is 9.84 Å². The van der Waals surface area contributed by atoms with Crippen molar-refractivity contribution in [3.05, 3.63) is 6.33 Å². The van der Waals surface area contributed by atoms with Gasteiger partial charge in [0, 0.05) is 6.54 Å². The summed E-state index contributed by atoms with van der Waals surface area (Å²) >= 11 is 0. The van der Waals surface area contributed by atoms with Crippen molar-refractivity contribution in [2.45, 2.75) is 51.2 Å². The quantitative estimate of drug-likeness (QED) is 0.740. The first-order valence-corrected chi connectivity index (χ1v) is 7.33. The van der Waals surface area contributed by atoms with Crippen LogP contribution in [0.2, 0.25) is 0 Å². The van der Waals surface area contributed by atoms with Gasteiger partial charge in [0.15, 0.2) is 11.6 Å². The maximum Gasteiger partial charge on any atom is 0.204 e. The zero-order chi connectivity index (χ0) is 14.4. The molecule has 0 spiro atoms. The molecule has 0 bridgehead atoms. The molecule has 0 aromatic carbocycles. The van der Waals surface area contributed by atoms with Gasteiger partial charge in [-0.2, -0.15) is 0 Å². The Bertz CT molecular complexity index is 428. The highest BCUT2D eigenvalue weighted by molar-refractivity contribution is 5.63. The van der Waals surface area contributed by atoms with Crippen LogP contribution in [0.3, 0.4) is 0 Å². The van der Waals surface area contributed by atoms with Crippen molar-refractivity contribution in [3.8, 4) is 5.75 Å². The summed E-state index contributed by atoms with van der Waals surface area (Å²) in [4.78, 5) is 8.46. The van der Waals surface area contributed by atoms with Gasteiger partial charge in [0.1, 0.15) is 6.33 Å². The molecule has 1 fully saturated rings. The van der Waals surface area contributed by atoms with Crippen LogP contribution in [0, 0.1) is 0 Å². The predicted molar refractivity (Wildman–Crippen MR) is 79.3 cm³/mol. The number of methoxy groups -OCH3 is 1. The topological polar surface area (TPSA) is 79.3 Å². The van der Waals surface area contributed by atoms with E-state index in [1.54, 1.807) is 7.11 Å². The molecule has 6 heteroatoms. The van der Waals surface area contributed by atoms with Crippen LogP contribution in [0.1, 0.15) is 39.0 Å². The van der Waals surface area contributed by atoms with E-state index in [0.29, 0.717) is 17.4 Å². The average molecular weight is 280 g/mol. The summed E-state index contributed by atoms with van der Waals surface area (Å²) in [5, 5.41) is 16.6. The number of anilines is 2. The van der Waals surface area contributed by atoms with Gasteiger partial charge in [-0.05, 0) is 19.3 Å². The Morgan fingerprint density at radius 1 is 1.30 bits per heavy atom. The molecule has 1 aliphatic rings. The summed E-state index contributed by atoms with van der Waals surface area (Å²) < 4.78 is 5.42. The molecule has 0 aliphatic heterocycles. The van der Waals surface area contributed by atoms with E-state index in [-0.39, 0.29) is 12.1 Å². The molecule has 0 saturated heterocycles. The number of aliphatic hydroxyl groups is 1. The maximum absolute atomic E-state index is 10.0. The van der Waals surface area contributed by atoms with Crippen LogP contribution in [-0.2, 0) is 0 Å². The molecule has 20 heavy (non-hydrogen) atoms. The Balaban J connectivity index is 2.13. The molecular weight excluding hydrogens is 256 g/mol. The number of aromatic nitrogens is 2. The number of hydrogen-bond donors (Lipinski definition) is 3. The predicted octanol–water partition coefficient (Wildman–Crippen LogP) is 2.02. The molecule has 112 valence electrons. The summed E-state index contributed by atoms with van der Waals surface area (Å²) in [6.45, 7) is 2.93. The Labute approximate surface area is 120 Å². The van der Waals surface area contributed by atoms with Gasteiger partial charge < -0.3 is 20.5 Å². The number of ether oxygens (including phenoxy) is 1. The van der Waals surface area contributed by atoms with Crippen molar-refractivity contribution in [2.24, 2.45) is 0 Å². The third-order valence-corrected chi connectivity index (χ3v) is 3.60. The van der Waals surface area contributed by atoms with Crippen molar-refractivity contribution in [3.63, 3.8) is 0 Å². The van der Waals surface area contributed by atoms with Gasteiger partial charge in [-0.3, -0.25) is 0 Å².